The fraction of sp³-hybridized carbons (Fsp3) is 0.550. The van der Waals surface area contributed by atoms with E-state index < -0.39 is 12.0 Å². The maximum atomic E-state index is 12.7. The molecular weight excluding hydrogens is 288 g/mol. The van der Waals surface area contributed by atoms with Crippen molar-refractivity contribution in [3.63, 3.8) is 0 Å². The third-order valence-electron chi connectivity index (χ3n) is 4.41. The van der Waals surface area contributed by atoms with E-state index in [9.17, 15) is 9.90 Å². The Morgan fingerprint density at radius 2 is 1.83 bits per heavy atom. The van der Waals surface area contributed by atoms with Gasteiger partial charge < -0.3 is 9.84 Å². The third-order valence-corrected chi connectivity index (χ3v) is 4.41. The van der Waals surface area contributed by atoms with Crippen LogP contribution in [-0.2, 0) is 9.53 Å². The Hall–Kier alpha value is -1.63. The molecule has 0 radical (unpaired) electrons. The summed E-state index contributed by atoms with van der Waals surface area (Å²) in [6, 6.07) is 4.03. The van der Waals surface area contributed by atoms with E-state index in [2.05, 4.69) is 11.8 Å². The summed E-state index contributed by atoms with van der Waals surface area (Å²) in [5, 5.41) is 10.6. The summed E-state index contributed by atoms with van der Waals surface area (Å²) in [5.41, 5.74) is 4.01. The first kappa shape index (κ1) is 17.7. The standard InChI is InChI=1S/C20H26O3/c1-4-7-16-12-14(2)19(15(3)13-16)20-17(21)8-5-10-23-11-6-9-18(20)22/h12-13,17,20-21H,5-6,8-11H2,1-3H3. The number of Topliss-reactive ketones (excluding diaryl/α,β-unsaturated/α-hetero) is 1. The molecular formula is C20H26O3. The highest BCUT2D eigenvalue weighted by atomic mass is 16.5. The van der Waals surface area contributed by atoms with Crippen molar-refractivity contribution in [3.05, 3.63) is 34.4 Å². The average molecular weight is 314 g/mol. The minimum absolute atomic E-state index is 0.114. The molecule has 1 saturated heterocycles. The molecule has 124 valence electrons. The number of ether oxygens (including phenoxy) is 1. The van der Waals surface area contributed by atoms with Crippen LogP contribution < -0.4 is 0 Å². The van der Waals surface area contributed by atoms with Crippen molar-refractivity contribution in [2.45, 2.75) is 58.5 Å². The molecule has 3 heteroatoms. The maximum Gasteiger partial charge on any atom is 0.143 e. The molecule has 1 aromatic carbocycles. The highest BCUT2D eigenvalue weighted by Crippen LogP contribution is 2.32. The molecule has 0 aromatic heterocycles. The van der Waals surface area contributed by atoms with Crippen LogP contribution in [0.15, 0.2) is 12.1 Å². The number of carbonyl (C=O) groups is 1. The number of aryl methyl sites for hydroxylation is 2. The van der Waals surface area contributed by atoms with Crippen LogP contribution in [0.1, 0.15) is 60.8 Å². The van der Waals surface area contributed by atoms with Crippen LogP contribution in [0.25, 0.3) is 0 Å². The summed E-state index contributed by atoms with van der Waals surface area (Å²) in [7, 11) is 0. The van der Waals surface area contributed by atoms with Crippen LogP contribution in [0.3, 0.4) is 0 Å². The van der Waals surface area contributed by atoms with E-state index in [1.165, 1.54) is 0 Å². The molecule has 2 unspecified atom stereocenters. The normalized spacial score (nSPS) is 23.0. The lowest BCUT2D eigenvalue weighted by molar-refractivity contribution is -0.123. The van der Waals surface area contributed by atoms with Crippen LogP contribution in [0, 0.1) is 25.7 Å². The molecule has 1 N–H and O–H groups in total. The van der Waals surface area contributed by atoms with Crippen LogP contribution in [0.4, 0.5) is 0 Å². The Kier molecular flexibility index (Phi) is 6.38. The highest BCUT2D eigenvalue weighted by molar-refractivity contribution is 5.87. The lowest BCUT2D eigenvalue weighted by atomic mass is 9.80. The van der Waals surface area contributed by atoms with Gasteiger partial charge in [0.15, 0.2) is 0 Å². The van der Waals surface area contributed by atoms with Crippen LogP contribution >= 0.6 is 0 Å². The summed E-state index contributed by atoms with van der Waals surface area (Å²) in [6.07, 6.45) is 1.90. The summed E-state index contributed by atoms with van der Waals surface area (Å²) >= 11 is 0. The van der Waals surface area contributed by atoms with Gasteiger partial charge in [-0.25, -0.2) is 0 Å². The van der Waals surface area contributed by atoms with E-state index in [4.69, 9.17) is 4.74 Å². The van der Waals surface area contributed by atoms with Gasteiger partial charge in [-0.1, -0.05) is 5.92 Å². The SMILES string of the molecule is CC#Cc1cc(C)c(C2C(=O)CCCOCCCC2O)c(C)c1. The van der Waals surface area contributed by atoms with Crippen molar-refractivity contribution < 1.29 is 14.6 Å². The van der Waals surface area contributed by atoms with E-state index in [0.29, 0.717) is 26.1 Å². The number of rotatable bonds is 1. The van der Waals surface area contributed by atoms with Gasteiger partial charge in [-0.2, -0.15) is 0 Å². The van der Waals surface area contributed by atoms with Gasteiger partial charge in [0.1, 0.15) is 5.78 Å². The molecule has 2 rings (SSSR count). The molecule has 1 aliphatic heterocycles. The molecule has 0 aliphatic carbocycles. The molecule has 1 heterocycles. The van der Waals surface area contributed by atoms with E-state index >= 15 is 0 Å². The predicted molar refractivity (Wildman–Crippen MR) is 91.5 cm³/mol. The molecule has 0 amide bonds. The van der Waals surface area contributed by atoms with Crippen LogP contribution in [0.2, 0.25) is 0 Å². The average Bonchev–Trinajstić information content (AvgIpc) is 2.49. The Morgan fingerprint density at radius 3 is 2.48 bits per heavy atom. The Balaban J connectivity index is 2.41. The van der Waals surface area contributed by atoms with Gasteiger partial charge in [-0.15, -0.1) is 5.92 Å². The third kappa shape index (κ3) is 4.43. The number of hydrogen-bond donors (Lipinski definition) is 1. The molecule has 0 saturated carbocycles. The highest BCUT2D eigenvalue weighted by Gasteiger charge is 2.30. The monoisotopic (exact) mass is 314 g/mol. The number of benzene rings is 1. The Morgan fingerprint density at radius 1 is 1.17 bits per heavy atom. The second-order valence-electron chi connectivity index (χ2n) is 6.27. The van der Waals surface area contributed by atoms with E-state index in [0.717, 1.165) is 35.1 Å². The minimum Gasteiger partial charge on any atom is -0.392 e. The van der Waals surface area contributed by atoms with Gasteiger partial charge in [0.25, 0.3) is 0 Å². The van der Waals surface area contributed by atoms with Gasteiger partial charge in [0, 0.05) is 25.2 Å². The first-order chi connectivity index (χ1) is 11.0. The second-order valence-corrected chi connectivity index (χ2v) is 6.27. The zero-order valence-corrected chi connectivity index (χ0v) is 14.3. The summed E-state index contributed by atoms with van der Waals surface area (Å²) in [5.74, 6) is 5.66. The van der Waals surface area contributed by atoms with E-state index in [1.54, 1.807) is 0 Å². The number of aliphatic hydroxyl groups is 1. The van der Waals surface area contributed by atoms with Gasteiger partial charge in [0.05, 0.1) is 12.0 Å². The fourth-order valence-electron chi connectivity index (χ4n) is 3.42. The molecule has 0 bridgehead atoms. The van der Waals surface area contributed by atoms with E-state index in [1.807, 2.05) is 32.9 Å². The number of ketones is 1. The molecule has 0 spiro atoms. The largest absolute Gasteiger partial charge is 0.392 e. The smallest absolute Gasteiger partial charge is 0.143 e. The predicted octanol–water partition coefficient (Wildman–Crippen LogP) is 3.28. The van der Waals surface area contributed by atoms with Crippen molar-refractivity contribution in [1.82, 2.24) is 0 Å². The summed E-state index contributed by atoms with van der Waals surface area (Å²) in [4.78, 5) is 12.7. The molecule has 2 atom stereocenters. The zero-order chi connectivity index (χ0) is 16.8. The quantitative estimate of drug-likeness (QED) is 0.809. The molecule has 23 heavy (non-hydrogen) atoms. The van der Waals surface area contributed by atoms with Gasteiger partial charge in [-0.05, 0) is 68.9 Å². The van der Waals surface area contributed by atoms with Gasteiger partial charge in [0.2, 0.25) is 0 Å². The van der Waals surface area contributed by atoms with Gasteiger partial charge >= 0.3 is 0 Å². The topological polar surface area (TPSA) is 46.5 Å². The number of aliphatic hydroxyl groups excluding tert-OH is 1. The zero-order valence-electron chi connectivity index (χ0n) is 14.3. The lowest BCUT2D eigenvalue weighted by Gasteiger charge is -2.26. The first-order valence-corrected chi connectivity index (χ1v) is 8.37. The molecule has 1 fully saturated rings. The number of hydrogen-bond acceptors (Lipinski definition) is 3. The summed E-state index contributed by atoms with van der Waals surface area (Å²) in [6.45, 7) is 7.10. The minimum atomic E-state index is -0.648. The van der Waals surface area contributed by atoms with Crippen molar-refractivity contribution in [3.8, 4) is 11.8 Å². The Labute approximate surface area is 139 Å². The number of carbonyl (C=O) groups excluding carboxylic acids is 1. The van der Waals surface area contributed by atoms with Crippen molar-refractivity contribution >= 4 is 5.78 Å². The molecule has 3 nitrogen and oxygen atoms in total. The van der Waals surface area contributed by atoms with Crippen LogP contribution in [0.5, 0.6) is 0 Å². The van der Waals surface area contributed by atoms with Crippen molar-refractivity contribution in [2.24, 2.45) is 0 Å². The maximum absolute atomic E-state index is 12.7. The Bertz CT molecular complexity index is 599. The van der Waals surface area contributed by atoms with Crippen molar-refractivity contribution in [1.29, 1.82) is 0 Å². The van der Waals surface area contributed by atoms with Crippen LogP contribution in [-0.4, -0.2) is 30.2 Å². The lowest BCUT2D eigenvalue weighted by Crippen LogP contribution is -2.29. The second kappa shape index (κ2) is 8.29. The van der Waals surface area contributed by atoms with Crippen molar-refractivity contribution in [2.75, 3.05) is 13.2 Å². The summed E-state index contributed by atoms with van der Waals surface area (Å²) < 4.78 is 5.46. The molecule has 1 aliphatic rings. The van der Waals surface area contributed by atoms with E-state index in [-0.39, 0.29) is 5.78 Å². The van der Waals surface area contributed by atoms with Gasteiger partial charge in [-0.3, -0.25) is 4.79 Å². The first-order valence-electron chi connectivity index (χ1n) is 8.37. The fourth-order valence-corrected chi connectivity index (χ4v) is 3.42. The molecule has 1 aromatic rings.